The SMILES string of the molecule is CC(=O)O[C@@H](C)C(=O)O[C@@H]1C[C@@H]2C[C@@H]1[C@H]1CC=C[C@H]21. The molecular weight excluding hydrogens is 244 g/mol. The number of carbonyl (C=O) groups is 2. The predicted molar refractivity (Wildman–Crippen MR) is 68.1 cm³/mol. The Morgan fingerprint density at radius 2 is 2.05 bits per heavy atom. The van der Waals surface area contributed by atoms with Gasteiger partial charge in [0, 0.05) is 6.92 Å². The maximum Gasteiger partial charge on any atom is 0.347 e. The highest BCUT2D eigenvalue weighted by molar-refractivity contribution is 5.78. The smallest absolute Gasteiger partial charge is 0.347 e. The Balaban J connectivity index is 1.58. The molecule has 4 nitrogen and oxygen atoms in total. The number of allylic oxidation sites excluding steroid dienone is 2. The third kappa shape index (κ3) is 2.17. The molecule has 0 amide bonds. The average Bonchev–Trinajstić information content (AvgIpc) is 2.98. The summed E-state index contributed by atoms with van der Waals surface area (Å²) in [5.74, 6) is 1.70. The molecule has 0 aliphatic heterocycles. The molecule has 2 saturated carbocycles. The minimum Gasteiger partial charge on any atom is -0.459 e. The van der Waals surface area contributed by atoms with Crippen molar-refractivity contribution in [2.24, 2.45) is 23.7 Å². The van der Waals surface area contributed by atoms with Crippen LogP contribution in [0.3, 0.4) is 0 Å². The summed E-state index contributed by atoms with van der Waals surface area (Å²) in [4.78, 5) is 22.7. The van der Waals surface area contributed by atoms with Gasteiger partial charge in [-0.15, -0.1) is 0 Å². The van der Waals surface area contributed by atoms with Gasteiger partial charge >= 0.3 is 11.9 Å². The second-order valence-corrected chi connectivity index (χ2v) is 6.03. The van der Waals surface area contributed by atoms with Gasteiger partial charge in [0.05, 0.1) is 0 Å². The molecule has 0 aromatic heterocycles. The van der Waals surface area contributed by atoms with Crippen molar-refractivity contribution in [3.05, 3.63) is 12.2 Å². The van der Waals surface area contributed by atoms with Crippen LogP contribution in [0.15, 0.2) is 12.2 Å². The van der Waals surface area contributed by atoms with Crippen molar-refractivity contribution in [1.82, 2.24) is 0 Å². The lowest BCUT2D eigenvalue weighted by atomic mass is 9.80. The van der Waals surface area contributed by atoms with E-state index in [2.05, 4.69) is 12.2 Å². The largest absolute Gasteiger partial charge is 0.459 e. The fourth-order valence-electron chi connectivity index (χ4n) is 4.17. The van der Waals surface area contributed by atoms with Gasteiger partial charge in [-0.1, -0.05) is 12.2 Å². The Bertz CT molecular complexity index is 428. The number of fused-ring (bicyclic) bond motifs is 5. The number of hydrogen-bond donors (Lipinski definition) is 0. The molecule has 2 bridgehead atoms. The zero-order chi connectivity index (χ0) is 13.6. The molecule has 0 spiro atoms. The van der Waals surface area contributed by atoms with Gasteiger partial charge in [-0.25, -0.2) is 4.79 Å². The van der Waals surface area contributed by atoms with Gasteiger partial charge in [-0.3, -0.25) is 4.79 Å². The van der Waals surface area contributed by atoms with Gasteiger partial charge in [0.15, 0.2) is 6.10 Å². The quantitative estimate of drug-likeness (QED) is 0.578. The van der Waals surface area contributed by atoms with E-state index in [1.54, 1.807) is 6.92 Å². The van der Waals surface area contributed by atoms with Gasteiger partial charge in [0.2, 0.25) is 0 Å². The summed E-state index contributed by atoms with van der Waals surface area (Å²) in [7, 11) is 0. The second kappa shape index (κ2) is 4.66. The first kappa shape index (κ1) is 12.7. The Morgan fingerprint density at radius 3 is 2.79 bits per heavy atom. The first-order valence-corrected chi connectivity index (χ1v) is 7.10. The van der Waals surface area contributed by atoms with Crippen LogP contribution in [-0.4, -0.2) is 24.1 Å². The zero-order valence-electron chi connectivity index (χ0n) is 11.4. The normalized spacial score (nSPS) is 40.0. The standard InChI is InChI=1S/C15H20O4/c1-8(18-9(2)16)15(17)19-14-7-10-6-13(14)12-5-3-4-11(10)12/h3-4,8,10-14H,5-7H2,1-2H3/t8-,10-,11+,12-,13+,14+/m0/s1. The minimum atomic E-state index is -0.797. The van der Waals surface area contributed by atoms with Crippen LogP contribution in [0.1, 0.15) is 33.1 Å². The van der Waals surface area contributed by atoms with Crippen LogP contribution in [0, 0.1) is 23.7 Å². The number of ether oxygens (including phenoxy) is 2. The molecule has 19 heavy (non-hydrogen) atoms. The molecule has 0 aromatic carbocycles. The molecule has 0 aromatic rings. The molecule has 3 aliphatic carbocycles. The number of carbonyl (C=O) groups excluding carboxylic acids is 2. The molecular formula is C15H20O4. The van der Waals surface area contributed by atoms with E-state index in [-0.39, 0.29) is 6.10 Å². The molecule has 2 fully saturated rings. The fourth-order valence-corrected chi connectivity index (χ4v) is 4.17. The molecule has 3 rings (SSSR count). The molecule has 6 atom stereocenters. The second-order valence-electron chi connectivity index (χ2n) is 6.03. The summed E-state index contributed by atoms with van der Waals surface area (Å²) in [6.07, 6.45) is 7.11. The van der Waals surface area contributed by atoms with Gasteiger partial charge in [-0.2, -0.15) is 0 Å². The highest BCUT2D eigenvalue weighted by atomic mass is 16.6. The number of rotatable bonds is 3. The third-order valence-electron chi connectivity index (χ3n) is 4.88. The molecule has 0 heterocycles. The van der Waals surface area contributed by atoms with E-state index in [1.165, 1.54) is 13.3 Å². The van der Waals surface area contributed by atoms with Crippen molar-refractivity contribution in [2.75, 3.05) is 0 Å². The first-order valence-electron chi connectivity index (χ1n) is 7.10. The summed E-state index contributed by atoms with van der Waals surface area (Å²) < 4.78 is 10.4. The monoisotopic (exact) mass is 264 g/mol. The molecule has 0 N–H and O–H groups in total. The number of hydrogen-bond acceptors (Lipinski definition) is 4. The van der Waals surface area contributed by atoms with E-state index in [0.29, 0.717) is 23.7 Å². The van der Waals surface area contributed by atoms with E-state index in [9.17, 15) is 9.59 Å². The molecule has 4 heteroatoms. The topological polar surface area (TPSA) is 52.6 Å². The van der Waals surface area contributed by atoms with Crippen LogP contribution in [0.25, 0.3) is 0 Å². The maximum absolute atomic E-state index is 11.9. The zero-order valence-corrected chi connectivity index (χ0v) is 11.4. The van der Waals surface area contributed by atoms with E-state index in [1.807, 2.05) is 0 Å². The van der Waals surface area contributed by atoms with E-state index in [0.717, 1.165) is 12.8 Å². The maximum atomic E-state index is 11.9. The van der Waals surface area contributed by atoms with Crippen LogP contribution in [0.5, 0.6) is 0 Å². The van der Waals surface area contributed by atoms with E-state index < -0.39 is 18.0 Å². The summed E-state index contributed by atoms with van der Waals surface area (Å²) in [6.45, 7) is 2.87. The van der Waals surface area contributed by atoms with Gasteiger partial charge in [0.25, 0.3) is 0 Å². The molecule has 3 aliphatic rings. The van der Waals surface area contributed by atoms with Crippen molar-refractivity contribution in [3.63, 3.8) is 0 Å². The van der Waals surface area contributed by atoms with E-state index >= 15 is 0 Å². The molecule has 0 unspecified atom stereocenters. The van der Waals surface area contributed by atoms with Crippen molar-refractivity contribution in [2.45, 2.75) is 45.3 Å². The summed E-state index contributed by atoms with van der Waals surface area (Å²) >= 11 is 0. The van der Waals surface area contributed by atoms with Crippen molar-refractivity contribution < 1.29 is 19.1 Å². The van der Waals surface area contributed by atoms with Crippen LogP contribution < -0.4 is 0 Å². The van der Waals surface area contributed by atoms with Gasteiger partial charge < -0.3 is 9.47 Å². The summed E-state index contributed by atoms with van der Waals surface area (Å²) in [6, 6.07) is 0. The summed E-state index contributed by atoms with van der Waals surface area (Å²) in [5.41, 5.74) is 0. The van der Waals surface area contributed by atoms with Crippen LogP contribution in [-0.2, 0) is 19.1 Å². The summed E-state index contributed by atoms with van der Waals surface area (Å²) in [5, 5.41) is 0. The Labute approximate surface area is 113 Å². The third-order valence-corrected chi connectivity index (χ3v) is 4.88. The predicted octanol–water partition coefficient (Wildman–Crippen LogP) is 2.08. The molecule has 104 valence electrons. The lowest BCUT2D eigenvalue weighted by Gasteiger charge is -2.31. The highest BCUT2D eigenvalue weighted by Crippen LogP contribution is 2.57. The van der Waals surface area contributed by atoms with Crippen LogP contribution >= 0.6 is 0 Å². The molecule has 0 radical (unpaired) electrons. The van der Waals surface area contributed by atoms with E-state index in [4.69, 9.17) is 9.47 Å². The van der Waals surface area contributed by atoms with Gasteiger partial charge in [-0.05, 0) is 49.9 Å². The van der Waals surface area contributed by atoms with Gasteiger partial charge in [0.1, 0.15) is 6.10 Å². The average molecular weight is 264 g/mol. The first-order chi connectivity index (χ1) is 9.06. The Hall–Kier alpha value is -1.32. The fraction of sp³-hybridized carbons (Fsp3) is 0.733. The lowest BCUT2D eigenvalue weighted by molar-refractivity contribution is -0.171. The van der Waals surface area contributed by atoms with Crippen LogP contribution in [0.2, 0.25) is 0 Å². The Morgan fingerprint density at radius 1 is 1.26 bits per heavy atom. The highest BCUT2D eigenvalue weighted by Gasteiger charge is 2.54. The van der Waals surface area contributed by atoms with Crippen molar-refractivity contribution in [1.29, 1.82) is 0 Å². The van der Waals surface area contributed by atoms with Crippen LogP contribution in [0.4, 0.5) is 0 Å². The Kier molecular flexibility index (Phi) is 3.11. The molecule has 0 saturated heterocycles. The number of esters is 2. The minimum absolute atomic E-state index is 0.0247. The van der Waals surface area contributed by atoms with Crippen molar-refractivity contribution in [3.8, 4) is 0 Å². The van der Waals surface area contributed by atoms with Crippen molar-refractivity contribution >= 4 is 11.9 Å². The lowest BCUT2D eigenvalue weighted by Crippen LogP contribution is -2.35.